The van der Waals surface area contributed by atoms with Gasteiger partial charge in [-0.05, 0) is 62.7 Å². The summed E-state index contributed by atoms with van der Waals surface area (Å²) < 4.78 is 0. The van der Waals surface area contributed by atoms with E-state index < -0.39 is 0 Å². The van der Waals surface area contributed by atoms with Crippen LogP contribution in [0.4, 0.5) is 17.2 Å². The number of benzene rings is 2. The first-order chi connectivity index (χ1) is 14.1. The Kier molecular flexibility index (Phi) is 6.79. The molecular formula is C23H27N5O. The molecule has 0 aliphatic heterocycles. The third-order valence-electron chi connectivity index (χ3n) is 4.74. The Morgan fingerprint density at radius 1 is 0.897 bits per heavy atom. The zero-order valence-electron chi connectivity index (χ0n) is 17.1. The van der Waals surface area contributed by atoms with Gasteiger partial charge < -0.3 is 15.5 Å². The largest absolute Gasteiger partial charge is 0.372 e. The number of aryl methyl sites for hydroxylation is 1. The van der Waals surface area contributed by atoms with E-state index in [4.69, 9.17) is 0 Å². The van der Waals surface area contributed by atoms with Gasteiger partial charge in [-0.1, -0.05) is 29.8 Å². The number of carbonyl (C=O) groups is 1. The van der Waals surface area contributed by atoms with Crippen LogP contribution in [0.25, 0.3) is 0 Å². The molecule has 0 bridgehead atoms. The first kappa shape index (κ1) is 20.3. The van der Waals surface area contributed by atoms with E-state index in [-0.39, 0.29) is 5.91 Å². The molecule has 0 aliphatic rings. The molecule has 3 aromatic rings. The fraction of sp³-hybridized carbons (Fsp3) is 0.261. The third kappa shape index (κ3) is 5.54. The maximum atomic E-state index is 12.3. The van der Waals surface area contributed by atoms with Crippen molar-refractivity contribution in [3.8, 4) is 0 Å². The average Bonchev–Trinajstić information content (AvgIpc) is 2.76. The average molecular weight is 390 g/mol. The molecule has 1 aromatic heterocycles. The van der Waals surface area contributed by atoms with Crippen molar-refractivity contribution >= 4 is 23.1 Å². The molecule has 0 radical (unpaired) electrons. The number of carbonyl (C=O) groups excluding carboxylic acids is 1. The van der Waals surface area contributed by atoms with Crippen molar-refractivity contribution in [1.29, 1.82) is 0 Å². The summed E-state index contributed by atoms with van der Waals surface area (Å²) in [5.41, 5.74) is 4.64. The van der Waals surface area contributed by atoms with Crippen LogP contribution in [0.2, 0.25) is 0 Å². The molecule has 0 saturated carbocycles. The van der Waals surface area contributed by atoms with Crippen LogP contribution in [0.5, 0.6) is 0 Å². The molecule has 1 amide bonds. The van der Waals surface area contributed by atoms with E-state index in [2.05, 4.69) is 51.7 Å². The van der Waals surface area contributed by atoms with Gasteiger partial charge in [-0.2, -0.15) is 0 Å². The maximum Gasteiger partial charge on any atom is 0.272 e. The van der Waals surface area contributed by atoms with Gasteiger partial charge in [0.15, 0.2) is 11.5 Å². The van der Waals surface area contributed by atoms with Crippen molar-refractivity contribution in [3.05, 3.63) is 77.5 Å². The van der Waals surface area contributed by atoms with Crippen LogP contribution in [0.3, 0.4) is 0 Å². The highest BCUT2D eigenvalue weighted by Gasteiger charge is 2.08. The SMILES string of the molecule is CCN(CC)c1ccc(Nc2ccc(C(=O)NCc3ccc(C)cc3)nn2)cc1. The molecule has 6 heteroatoms. The number of hydrogen-bond acceptors (Lipinski definition) is 5. The second-order valence-corrected chi connectivity index (χ2v) is 6.82. The monoisotopic (exact) mass is 389 g/mol. The Morgan fingerprint density at radius 2 is 1.59 bits per heavy atom. The first-order valence-electron chi connectivity index (χ1n) is 9.88. The minimum Gasteiger partial charge on any atom is -0.372 e. The molecular weight excluding hydrogens is 362 g/mol. The molecule has 6 nitrogen and oxygen atoms in total. The number of anilines is 3. The molecule has 2 aromatic carbocycles. The highest BCUT2D eigenvalue weighted by atomic mass is 16.1. The van der Waals surface area contributed by atoms with Crippen molar-refractivity contribution in [2.24, 2.45) is 0 Å². The van der Waals surface area contributed by atoms with Crippen molar-refractivity contribution in [2.75, 3.05) is 23.3 Å². The van der Waals surface area contributed by atoms with Gasteiger partial charge in [0.25, 0.3) is 5.91 Å². The molecule has 0 fully saturated rings. The van der Waals surface area contributed by atoms with Gasteiger partial charge in [0.2, 0.25) is 0 Å². The Labute approximate surface area is 172 Å². The van der Waals surface area contributed by atoms with Gasteiger partial charge >= 0.3 is 0 Å². The second-order valence-electron chi connectivity index (χ2n) is 6.82. The van der Waals surface area contributed by atoms with Crippen LogP contribution in [0, 0.1) is 6.92 Å². The second kappa shape index (κ2) is 9.68. The topological polar surface area (TPSA) is 70.2 Å². The van der Waals surface area contributed by atoms with Crippen molar-refractivity contribution in [1.82, 2.24) is 15.5 Å². The highest BCUT2D eigenvalue weighted by Crippen LogP contribution is 2.20. The molecule has 0 saturated heterocycles. The number of hydrogen-bond donors (Lipinski definition) is 2. The van der Waals surface area contributed by atoms with E-state index in [0.717, 1.165) is 24.3 Å². The molecule has 2 N–H and O–H groups in total. The zero-order valence-corrected chi connectivity index (χ0v) is 17.1. The predicted octanol–water partition coefficient (Wildman–Crippen LogP) is 4.30. The lowest BCUT2D eigenvalue weighted by molar-refractivity contribution is 0.0945. The van der Waals surface area contributed by atoms with Crippen molar-refractivity contribution in [2.45, 2.75) is 27.3 Å². The zero-order chi connectivity index (χ0) is 20.6. The summed E-state index contributed by atoms with van der Waals surface area (Å²) in [7, 11) is 0. The van der Waals surface area contributed by atoms with Crippen LogP contribution in [-0.2, 0) is 6.54 Å². The molecule has 29 heavy (non-hydrogen) atoms. The van der Waals surface area contributed by atoms with Gasteiger partial charge in [-0.3, -0.25) is 4.79 Å². The minimum absolute atomic E-state index is 0.242. The highest BCUT2D eigenvalue weighted by molar-refractivity contribution is 5.92. The molecule has 150 valence electrons. The summed E-state index contributed by atoms with van der Waals surface area (Å²) in [6.07, 6.45) is 0. The van der Waals surface area contributed by atoms with Gasteiger partial charge in [0, 0.05) is 31.0 Å². The third-order valence-corrected chi connectivity index (χ3v) is 4.74. The number of nitrogens with one attached hydrogen (secondary N) is 2. The summed E-state index contributed by atoms with van der Waals surface area (Å²) in [6.45, 7) is 8.73. The van der Waals surface area contributed by atoms with E-state index in [1.165, 1.54) is 11.3 Å². The standard InChI is InChI=1S/C23H27N5O/c1-4-28(5-2)20-12-10-19(11-13-20)25-22-15-14-21(26-27-22)23(29)24-16-18-8-6-17(3)7-9-18/h6-15H,4-5,16H2,1-3H3,(H,24,29)(H,25,27). The van der Waals surface area contributed by atoms with Crippen LogP contribution in [-0.4, -0.2) is 29.2 Å². The fourth-order valence-electron chi connectivity index (χ4n) is 2.99. The van der Waals surface area contributed by atoms with E-state index >= 15 is 0 Å². The Morgan fingerprint density at radius 3 is 2.17 bits per heavy atom. The van der Waals surface area contributed by atoms with Crippen LogP contribution >= 0.6 is 0 Å². The number of aromatic nitrogens is 2. The molecule has 0 unspecified atom stereocenters. The quantitative estimate of drug-likeness (QED) is 0.601. The number of rotatable bonds is 8. The summed E-state index contributed by atoms with van der Waals surface area (Å²) in [5, 5.41) is 14.2. The van der Waals surface area contributed by atoms with Gasteiger partial charge in [-0.15, -0.1) is 10.2 Å². The summed E-state index contributed by atoms with van der Waals surface area (Å²) >= 11 is 0. The lowest BCUT2D eigenvalue weighted by Crippen LogP contribution is -2.24. The number of nitrogens with zero attached hydrogens (tertiary/aromatic N) is 3. The van der Waals surface area contributed by atoms with E-state index in [0.29, 0.717) is 18.1 Å². The Hall–Kier alpha value is -3.41. The summed E-state index contributed by atoms with van der Waals surface area (Å²) in [5.74, 6) is 0.351. The minimum atomic E-state index is -0.242. The molecule has 3 rings (SSSR count). The van der Waals surface area contributed by atoms with Gasteiger partial charge in [0.1, 0.15) is 0 Å². The summed E-state index contributed by atoms with van der Waals surface area (Å²) in [6, 6.07) is 19.7. The molecule has 0 aliphatic carbocycles. The lowest BCUT2D eigenvalue weighted by atomic mass is 10.1. The molecule has 0 spiro atoms. The first-order valence-corrected chi connectivity index (χ1v) is 9.88. The van der Waals surface area contributed by atoms with Gasteiger partial charge in [0.05, 0.1) is 0 Å². The van der Waals surface area contributed by atoms with Crippen LogP contribution in [0.15, 0.2) is 60.7 Å². The fourth-order valence-corrected chi connectivity index (χ4v) is 2.99. The summed E-state index contributed by atoms with van der Waals surface area (Å²) in [4.78, 5) is 14.6. The smallest absolute Gasteiger partial charge is 0.272 e. The normalized spacial score (nSPS) is 10.4. The Bertz CT molecular complexity index is 917. The molecule has 1 heterocycles. The Balaban J connectivity index is 1.56. The maximum absolute atomic E-state index is 12.3. The van der Waals surface area contributed by atoms with E-state index in [1.54, 1.807) is 12.1 Å². The van der Waals surface area contributed by atoms with Gasteiger partial charge in [-0.25, -0.2) is 0 Å². The van der Waals surface area contributed by atoms with Crippen molar-refractivity contribution < 1.29 is 4.79 Å². The van der Waals surface area contributed by atoms with E-state index in [9.17, 15) is 4.79 Å². The lowest BCUT2D eigenvalue weighted by Gasteiger charge is -2.21. The van der Waals surface area contributed by atoms with Crippen LogP contribution < -0.4 is 15.5 Å². The predicted molar refractivity (Wildman–Crippen MR) is 118 cm³/mol. The molecule has 0 atom stereocenters. The van der Waals surface area contributed by atoms with Crippen LogP contribution in [0.1, 0.15) is 35.5 Å². The van der Waals surface area contributed by atoms with Crippen molar-refractivity contribution in [3.63, 3.8) is 0 Å². The number of amides is 1. The van der Waals surface area contributed by atoms with E-state index in [1.807, 2.05) is 43.3 Å².